The molecule has 0 heterocycles. The lowest BCUT2D eigenvalue weighted by Crippen LogP contribution is -2.12. The first-order valence-corrected chi connectivity index (χ1v) is 14.5. The van der Waals surface area contributed by atoms with Crippen LogP contribution in [0.4, 0.5) is 0 Å². The van der Waals surface area contributed by atoms with Gasteiger partial charge in [-0.15, -0.1) is 11.8 Å². The van der Waals surface area contributed by atoms with Crippen LogP contribution in [0.5, 0.6) is 34.5 Å². The van der Waals surface area contributed by atoms with Gasteiger partial charge in [0, 0.05) is 40.5 Å². The summed E-state index contributed by atoms with van der Waals surface area (Å²) in [5.74, 6) is 5.63. The molecule has 1 aliphatic rings. The van der Waals surface area contributed by atoms with Crippen LogP contribution in [0.3, 0.4) is 0 Å². The van der Waals surface area contributed by atoms with Gasteiger partial charge in [-0.1, -0.05) is 24.3 Å². The van der Waals surface area contributed by atoms with Gasteiger partial charge >= 0.3 is 0 Å². The summed E-state index contributed by atoms with van der Waals surface area (Å²) in [6.45, 7) is 0. The molecule has 0 N–H and O–H groups in total. The van der Waals surface area contributed by atoms with Gasteiger partial charge in [0.25, 0.3) is 0 Å². The van der Waals surface area contributed by atoms with Gasteiger partial charge in [-0.3, -0.25) is 0 Å². The highest BCUT2D eigenvalue weighted by molar-refractivity contribution is 7.98. The fourth-order valence-electron chi connectivity index (χ4n) is 5.70. The molecule has 0 aliphatic heterocycles. The number of rotatable bonds is 11. The Morgan fingerprint density at radius 3 is 1.61 bits per heavy atom. The van der Waals surface area contributed by atoms with Crippen LogP contribution in [-0.4, -0.2) is 42.7 Å². The highest BCUT2D eigenvalue weighted by Gasteiger charge is 2.45. The van der Waals surface area contributed by atoms with E-state index in [2.05, 4.69) is 42.5 Å². The average molecular weight is 573 g/mol. The minimum absolute atomic E-state index is 0.00180. The number of thioether (sulfide) groups is 1. The first-order chi connectivity index (χ1) is 20.0. The molecular weight excluding hydrogens is 536 g/mol. The van der Waals surface area contributed by atoms with Gasteiger partial charge in [-0.25, -0.2) is 0 Å². The summed E-state index contributed by atoms with van der Waals surface area (Å²) >= 11 is 1.91. The third kappa shape index (κ3) is 5.77. The van der Waals surface area contributed by atoms with E-state index in [1.807, 2.05) is 48.2 Å². The highest BCUT2D eigenvalue weighted by Crippen LogP contribution is 2.62. The van der Waals surface area contributed by atoms with Crippen LogP contribution in [0, 0.1) is 0 Å². The standard InChI is InChI=1S/C34H36O6S/c1-35-24-11-7-21(8-12-24)20-41-34-29-18-28(39-5)19-30(40-6)33(29)31(22-9-13-25(36-2)14-10-22)32(34)23-15-26(37-3)17-27(16-23)38-4/h7-19,31-32,34H,20H2,1-6H3/t31-,32-,34?/m1/s1. The van der Waals surface area contributed by atoms with E-state index in [1.54, 1.807) is 42.7 Å². The van der Waals surface area contributed by atoms with Crippen LogP contribution in [-0.2, 0) is 5.75 Å². The van der Waals surface area contributed by atoms with Crippen LogP contribution in [0.1, 0.15) is 44.9 Å². The molecule has 214 valence electrons. The van der Waals surface area contributed by atoms with E-state index in [0.29, 0.717) is 0 Å². The van der Waals surface area contributed by atoms with Crippen molar-refractivity contribution in [2.75, 3.05) is 42.7 Å². The van der Waals surface area contributed by atoms with E-state index in [1.165, 1.54) is 16.7 Å². The molecule has 4 aromatic rings. The van der Waals surface area contributed by atoms with E-state index in [9.17, 15) is 0 Å². The minimum Gasteiger partial charge on any atom is -0.497 e. The third-order valence-corrected chi connectivity index (χ3v) is 9.13. The summed E-state index contributed by atoms with van der Waals surface area (Å²) in [6.07, 6.45) is 0. The third-order valence-electron chi connectivity index (χ3n) is 7.73. The van der Waals surface area contributed by atoms with Gasteiger partial charge in [0.1, 0.15) is 34.5 Å². The maximum Gasteiger partial charge on any atom is 0.126 e. The zero-order chi connectivity index (χ0) is 28.9. The lowest BCUT2D eigenvalue weighted by molar-refractivity contribution is 0.389. The quantitative estimate of drug-likeness (QED) is 0.183. The van der Waals surface area contributed by atoms with E-state index in [-0.39, 0.29) is 17.1 Å². The molecular formula is C34H36O6S. The van der Waals surface area contributed by atoms with E-state index in [4.69, 9.17) is 28.4 Å². The smallest absolute Gasteiger partial charge is 0.126 e. The number of ether oxygens (including phenoxy) is 6. The average Bonchev–Trinajstić information content (AvgIpc) is 3.37. The fraction of sp³-hybridized carbons (Fsp3) is 0.294. The van der Waals surface area contributed by atoms with Gasteiger partial charge in [0.15, 0.2) is 0 Å². The van der Waals surface area contributed by atoms with Crippen molar-refractivity contribution in [2.45, 2.75) is 22.8 Å². The first-order valence-electron chi connectivity index (χ1n) is 13.4. The van der Waals surface area contributed by atoms with Crippen molar-refractivity contribution in [3.05, 3.63) is 107 Å². The number of hydrogen-bond donors (Lipinski definition) is 0. The van der Waals surface area contributed by atoms with Crippen molar-refractivity contribution in [2.24, 2.45) is 0 Å². The van der Waals surface area contributed by atoms with Gasteiger partial charge in [-0.2, -0.15) is 0 Å². The Morgan fingerprint density at radius 1 is 0.537 bits per heavy atom. The normalized spacial score (nSPS) is 17.5. The predicted molar refractivity (Wildman–Crippen MR) is 164 cm³/mol. The second kappa shape index (κ2) is 12.7. The topological polar surface area (TPSA) is 55.4 Å². The Kier molecular flexibility index (Phi) is 8.84. The number of fused-ring (bicyclic) bond motifs is 1. The molecule has 0 amide bonds. The summed E-state index contributed by atoms with van der Waals surface area (Å²) in [4.78, 5) is 0. The number of hydrogen-bond acceptors (Lipinski definition) is 7. The molecule has 1 unspecified atom stereocenters. The van der Waals surface area contributed by atoms with Crippen molar-refractivity contribution in [1.29, 1.82) is 0 Å². The minimum atomic E-state index is 0.00180. The van der Waals surface area contributed by atoms with Crippen LogP contribution in [0.25, 0.3) is 0 Å². The van der Waals surface area contributed by atoms with E-state index >= 15 is 0 Å². The monoisotopic (exact) mass is 572 g/mol. The molecule has 4 aromatic carbocycles. The number of methoxy groups -OCH3 is 6. The maximum absolute atomic E-state index is 6.03. The molecule has 1 aliphatic carbocycles. The van der Waals surface area contributed by atoms with Gasteiger partial charge < -0.3 is 28.4 Å². The molecule has 0 bridgehead atoms. The SMILES string of the molecule is COc1ccc(CSC2c3cc(OC)cc(OC)c3[C@H](c3ccc(OC)cc3)[C@H]2c2cc(OC)cc(OC)c2)cc1. The molecule has 0 fully saturated rings. The number of benzene rings is 4. The lowest BCUT2D eigenvalue weighted by Gasteiger charge is -2.27. The molecule has 5 rings (SSSR count). The van der Waals surface area contributed by atoms with Crippen molar-refractivity contribution in [3.8, 4) is 34.5 Å². The summed E-state index contributed by atoms with van der Waals surface area (Å²) in [5.41, 5.74) is 5.90. The highest BCUT2D eigenvalue weighted by atomic mass is 32.2. The van der Waals surface area contributed by atoms with Gasteiger partial charge in [0.2, 0.25) is 0 Å². The molecule has 0 radical (unpaired) electrons. The van der Waals surface area contributed by atoms with Crippen LogP contribution in [0.2, 0.25) is 0 Å². The summed E-state index contributed by atoms with van der Waals surface area (Å²) in [5, 5.41) is 0.0833. The second-order valence-electron chi connectivity index (χ2n) is 9.83. The van der Waals surface area contributed by atoms with E-state index in [0.717, 1.165) is 51.4 Å². The molecule has 7 heteroatoms. The Labute approximate surface area is 246 Å². The van der Waals surface area contributed by atoms with Crippen molar-refractivity contribution in [1.82, 2.24) is 0 Å². The van der Waals surface area contributed by atoms with Crippen LogP contribution < -0.4 is 28.4 Å². The largest absolute Gasteiger partial charge is 0.497 e. The summed E-state index contributed by atoms with van der Waals surface area (Å²) in [6, 6.07) is 26.9. The molecule has 0 saturated heterocycles. The summed E-state index contributed by atoms with van der Waals surface area (Å²) < 4.78 is 34.1. The van der Waals surface area contributed by atoms with Crippen molar-refractivity contribution in [3.63, 3.8) is 0 Å². The summed E-state index contributed by atoms with van der Waals surface area (Å²) in [7, 11) is 10.2. The predicted octanol–water partition coefficient (Wildman–Crippen LogP) is 7.64. The fourth-order valence-corrected chi connectivity index (χ4v) is 7.16. The molecule has 3 atom stereocenters. The van der Waals surface area contributed by atoms with Crippen molar-refractivity contribution < 1.29 is 28.4 Å². The van der Waals surface area contributed by atoms with Crippen molar-refractivity contribution >= 4 is 11.8 Å². The lowest BCUT2D eigenvalue weighted by atomic mass is 9.81. The van der Waals surface area contributed by atoms with Crippen LogP contribution in [0.15, 0.2) is 78.9 Å². The molecule has 41 heavy (non-hydrogen) atoms. The Hall–Kier alpha value is -3.97. The maximum atomic E-state index is 6.03. The Morgan fingerprint density at radius 2 is 1.07 bits per heavy atom. The Balaban J connectivity index is 1.70. The molecule has 0 saturated carbocycles. The second-order valence-corrected chi connectivity index (χ2v) is 11.0. The molecule has 0 aromatic heterocycles. The molecule has 6 nitrogen and oxygen atoms in total. The first kappa shape index (κ1) is 28.6. The molecule has 0 spiro atoms. The van der Waals surface area contributed by atoms with Gasteiger partial charge in [-0.05, 0) is 64.7 Å². The zero-order valence-corrected chi connectivity index (χ0v) is 25.1. The van der Waals surface area contributed by atoms with Gasteiger partial charge in [0.05, 0.1) is 42.7 Å². The van der Waals surface area contributed by atoms with Crippen LogP contribution >= 0.6 is 11.8 Å². The Bertz CT molecular complexity index is 1450. The zero-order valence-electron chi connectivity index (χ0n) is 24.3. The van der Waals surface area contributed by atoms with E-state index < -0.39 is 0 Å².